The second kappa shape index (κ2) is 4.60. The van der Waals surface area contributed by atoms with Crippen LogP contribution in [0.4, 0.5) is 18.9 Å². The van der Waals surface area contributed by atoms with Crippen molar-refractivity contribution >= 4 is 17.6 Å². The van der Waals surface area contributed by atoms with E-state index >= 15 is 0 Å². The third-order valence-electron chi connectivity index (χ3n) is 4.87. The average molecular weight is 339 g/mol. The number of ether oxygens (including phenoxy) is 1. The first-order valence-electron chi connectivity index (χ1n) is 7.32. The van der Waals surface area contributed by atoms with E-state index in [0.29, 0.717) is 0 Å². The van der Waals surface area contributed by atoms with E-state index in [4.69, 9.17) is 4.74 Å². The van der Waals surface area contributed by atoms with E-state index in [9.17, 15) is 27.9 Å². The zero-order chi connectivity index (χ0) is 17.3. The van der Waals surface area contributed by atoms with Crippen LogP contribution in [0.25, 0.3) is 0 Å². The number of carboxylic acids is 1. The number of carboxylic acid groups (broad SMARTS) is 1. The zero-order valence-corrected chi connectivity index (χ0v) is 12.2. The lowest BCUT2D eigenvalue weighted by molar-refractivity contribution is -0.146. The molecule has 2 fully saturated rings. The minimum atomic E-state index is -4.52. The van der Waals surface area contributed by atoms with E-state index in [-0.39, 0.29) is 12.2 Å². The number of anilines is 1. The molecular formula is C16H12F3NO4. The molecule has 0 unspecified atom stereocenters. The van der Waals surface area contributed by atoms with Crippen molar-refractivity contribution in [2.45, 2.75) is 17.9 Å². The molecule has 0 saturated carbocycles. The Bertz CT molecular complexity index is 775. The zero-order valence-electron chi connectivity index (χ0n) is 12.2. The molecular weight excluding hydrogens is 327 g/mol. The topological polar surface area (TPSA) is 66.8 Å². The molecule has 0 aromatic heterocycles. The Morgan fingerprint density at radius 1 is 1.38 bits per heavy atom. The molecule has 3 aliphatic heterocycles. The molecule has 2 bridgehead atoms. The number of alkyl halides is 3. The Labute approximate surface area is 134 Å². The van der Waals surface area contributed by atoms with Crippen molar-refractivity contribution in [2.75, 3.05) is 11.4 Å². The Balaban J connectivity index is 1.72. The van der Waals surface area contributed by atoms with Crippen molar-refractivity contribution in [3.63, 3.8) is 0 Å². The fraction of sp³-hybridized carbons (Fsp3) is 0.375. The minimum Gasteiger partial charge on any atom is -0.481 e. The third kappa shape index (κ3) is 1.92. The molecule has 1 aromatic carbocycles. The maximum Gasteiger partial charge on any atom is 0.416 e. The molecule has 3 aliphatic rings. The van der Waals surface area contributed by atoms with Crippen LogP contribution in [-0.4, -0.2) is 35.2 Å². The molecule has 5 nitrogen and oxygen atoms in total. The molecule has 4 atom stereocenters. The second-order valence-corrected chi connectivity index (χ2v) is 6.21. The van der Waals surface area contributed by atoms with Gasteiger partial charge in [0.15, 0.2) is 0 Å². The van der Waals surface area contributed by atoms with E-state index in [2.05, 4.69) is 0 Å². The molecule has 1 N–H and O–H groups in total. The summed E-state index contributed by atoms with van der Waals surface area (Å²) in [6, 6.07) is 4.43. The number of rotatable bonds is 2. The number of aliphatic carboxylic acids is 1. The number of hydrogen-bond donors (Lipinski definition) is 1. The van der Waals surface area contributed by atoms with Crippen LogP contribution in [-0.2, 0) is 20.5 Å². The summed E-state index contributed by atoms with van der Waals surface area (Å²) < 4.78 is 44.3. The van der Waals surface area contributed by atoms with Crippen LogP contribution in [0.2, 0.25) is 0 Å². The second-order valence-electron chi connectivity index (χ2n) is 6.21. The van der Waals surface area contributed by atoms with E-state index in [0.717, 1.165) is 12.1 Å². The average Bonchev–Trinajstić information content (AvgIpc) is 3.15. The van der Waals surface area contributed by atoms with Gasteiger partial charge in [-0.1, -0.05) is 18.2 Å². The summed E-state index contributed by atoms with van der Waals surface area (Å²) in [5.41, 5.74) is -1.85. The van der Waals surface area contributed by atoms with Gasteiger partial charge in [-0.25, -0.2) is 0 Å². The summed E-state index contributed by atoms with van der Waals surface area (Å²) >= 11 is 0. The molecule has 0 aliphatic carbocycles. The molecule has 4 rings (SSSR count). The Hall–Kier alpha value is -2.35. The van der Waals surface area contributed by atoms with Crippen LogP contribution in [0.3, 0.4) is 0 Å². The maximum atomic E-state index is 12.9. The fourth-order valence-corrected chi connectivity index (χ4v) is 3.85. The number of nitrogens with zero attached hydrogens (tertiary/aromatic N) is 1. The number of halogens is 3. The van der Waals surface area contributed by atoms with Gasteiger partial charge in [-0.05, 0) is 18.2 Å². The van der Waals surface area contributed by atoms with Crippen molar-refractivity contribution in [1.82, 2.24) is 0 Å². The standard InChI is InChI=1S/C16H12F3NO4/c17-16(18,19)8-2-1-3-9(6-8)20-7-15-5-4-10(24-15)11(14(22)23)12(15)13(20)21/h1-6,10-12H,7H2,(H,22,23)/t10-,11-,12-,15-/m0/s1. The van der Waals surface area contributed by atoms with Gasteiger partial charge in [-0.2, -0.15) is 13.2 Å². The number of fused-ring (bicyclic) bond motifs is 1. The lowest BCUT2D eigenvalue weighted by Gasteiger charge is -2.22. The number of carbonyl (C=O) groups is 2. The first-order valence-corrected chi connectivity index (χ1v) is 7.32. The van der Waals surface area contributed by atoms with E-state index < -0.39 is 47.2 Å². The predicted molar refractivity (Wildman–Crippen MR) is 75.2 cm³/mol. The van der Waals surface area contributed by atoms with Crippen molar-refractivity contribution < 1.29 is 32.6 Å². The van der Waals surface area contributed by atoms with Crippen molar-refractivity contribution in [3.8, 4) is 0 Å². The number of hydrogen-bond acceptors (Lipinski definition) is 3. The summed E-state index contributed by atoms with van der Waals surface area (Å²) in [7, 11) is 0. The van der Waals surface area contributed by atoms with Crippen LogP contribution in [0.15, 0.2) is 36.4 Å². The van der Waals surface area contributed by atoms with Gasteiger partial charge in [-0.3, -0.25) is 9.59 Å². The van der Waals surface area contributed by atoms with Crippen molar-refractivity contribution in [1.29, 1.82) is 0 Å². The maximum absolute atomic E-state index is 12.9. The number of benzene rings is 1. The van der Waals surface area contributed by atoms with Gasteiger partial charge in [0.1, 0.15) is 11.5 Å². The summed E-state index contributed by atoms with van der Waals surface area (Å²) in [6.07, 6.45) is -1.92. The molecule has 1 aromatic rings. The Morgan fingerprint density at radius 2 is 2.12 bits per heavy atom. The van der Waals surface area contributed by atoms with Gasteiger partial charge in [0.05, 0.1) is 24.1 Å². The van der Waals surface area contributed by atoms with Crippen LogP contribution >= 0.6 is 0 Å². The third-order valence-corrected chi connectivity index (χ3v) is 4.87. The fourth-order valence-electron chi connectivity index (χ4n) is 3.85. The smallest absolute Gasteiger partial charge is 0.416 e. The SMILES string of the molecule is O=C(O)[C@H]1[C@@H]2C=C[C@@]3(CN(c4cccc(C(F)(F)F)c4)C(=O)[C@H]13)O2. The quantitative estimate of drug-likeness (QED) is 0.838. The number of carbonyl (C=O) groups excluding carboxylic acids is 1. The molecule has 1 spiro atoms. The molecule has 2 saturated heterocycles. The van der Waals surface area contributed by atoms with E-state index in [1.807, 2.05) is 0 Å². The summed E-state index contributed by atoms with van der Waals surface area (Å²) in [5.74, 6) is -3.60. The lowest BCUT2D eigenvalue weighted by atomic mass is 9.77. The van der Waals surface area contributed by atoms with Gasteiger partial charge >= 0.3 is 12.1 Å². The monoisotopic (exact) mass is 339 g/mol. The first-order chi connectivity index (χ1) is 11.2. The molecule has 126 valence electrons. The lowest BCUT2D eigenvalue weighted by Crippen LogP contribution is -2.39. The minimum absolute atomic E-state index is 0.00852. The van der Waals surface area contributed by atoms with Gasteiger partial charge < -0.3 is 14.7 Å². The highest BCUT2D eigenvalue weighted by molar-refractivity contribution is 6.02. The highest BCUT2D eigenvalue weighted by atomic mass is 19.4. The summed E-state index contributed by atoms with van der Waals surface area (Å²) in [5, 5.41) is 9.37. The van der Waals surface area contributed by atoms with Gasteiger partial charge in [0.2, 0.25) is 5.91 Å². The Morgan fingerprint density at radius 3 is 2.79 bits per heavy atom. The molecule has 3 heterocycles. The van der Waals surface area contributed by atoms with Gasteiger partial charge in [0.25, 0.3) is 0 Å². The normalized spacial score (nSPS) is 34.0. The van der Waals surface area contributed by atoms with E-state index in [1.54, 1.807) is 12.2 Å². The molecule has 0 radical (unpaired) electrons. The Kier molecular flexibility index (Phi) is 2.91. The van der Waals surface area contributed by atoms with Crippen LogP contribution in [0.5, 0.6) is 0 Å². The molecule has 24 heavy (non-hydrogen) atoms. The first kappa shape index (κ1) is 15.2. The summed E-state index contributed by atoms with van der Waals surface area (Å²) in [4.78, 5) is 25.4. The van der Waals surface area contributed by atoms with Crippen LogP contribution in [0, 0.1) is 11.8 Å². The molecule has 1 amide bonds. The largest absolute Gasteiger partial charge is 0.481 e. The van der Waals surface area contributed by atoms with Crippen molar-refractivity contribution in [2.24, 2.45) is 11.8 Å². The van der Waals surface area contributed by atoms with Crippen molar-refractivity contribution in [3.05, 3.63) is 42.0 Å². The predicted octanol–water partition coefficient (Wildman–Crippen LogP) is 2.08. The van der Waals surface area contributed by atoms with Gasteiger partial charge in [-0.15, -0.1) is 0 Å². The van der Waals surface area contributed by atoms with E-state index in [1.165, 1.54) is 17.0 Å². The highest BCUT2D eigenvalue weighted by Gasteiger charge is 2.67. The summed E-state index contributed by atoms with van der Waals surface area (Å²) in [6.45, 7) is 0.00852. The highest BCUT2D eigenvalue weighted by Crippen LogP contribution is 2.52. The van der Waals surface area contributed by atoms with Crippen LogP contribution in [0.1, 0.15) is 5.56 Å². The number of amides is 1. The van der Waals surface area contributed by atoms with Crippen LogP contribution < -0.4 is 4.90 Å². The van der Waals surface area contributed by atoms with Gasteiger partial charge in [0, 0.05) is 5.69 Å². The molecule has 8 heteroatoms.